The fourth-order valence-electron chi connectivity index (χ4n) is 2.70. The monoisotopic (exact) mass is 305 g/mol. The molecule has 21 heavy (non-hydrogen) atoms. The van der Waals surface area contributed by atoms with Crippen LogP contribution >= 0.6 is 11.3 Å². The molecule has 0 N–H and O–H groups in total. The lowest BCUT2D eigenvalue weighted by Crippen LogP contribution is -2.28. The van der Waals surface area contributed by atoms with Crippen molar-refractivity contribution in [2.24, 2.45) is 0 Å². The summed E-state index contributed by atoms with van der Waals surface area (Å²) in [6.07, 6.45) is 6.19. The van der Waals surface area contributed by atoms with Crippen LogP contribution in [0.4, 0.5) is 5.82 Å². The quantitative estimate of drug-likeness (QED) is 0.797. The van der Waals surface area contributed by atoms with Gasteiger partial charge in [0.15, 0.2) is 5.82 Å². The van der Waals surface area contributed by atoms with E-state index in [0.717, 1.165) is 29.1 Å². The van der Waals surface area contributed by atoms with Gasteiger partial charge in [0, 0.05) is 13.1 Å². The zero-order chi connectivity index (χ0) is 14.7. The molecule has 1 fully saturated rings. The summed E-state index contributed by atoms with van der Waals surface area (Å²) >= 11 is 1.63. The molecule has 0 atom stereocenters. The standard InChI is InChI=1S/C15H19N3O2S/c1-20-15(19)13-16-11-7-10-21-12(11)14(17-13)18-8-5-3-2-4-6-9-18/h7,10H,2-6,8-9H2,1H3. The van der Waals surface area contributed by atoms with Gasteiger partial charge in [-0.2, -0.15) is 0 Å². The molecule has 3 rings (SSSR count). The zero-order valence-electron chi connectivity index (χ0n) is 12.2. The van der Waals surface area contributed by atoms with Gasteiger partial charge in [0.05, 0.1) is 17.3 Å². The van der Waals surface area contributed by atoms with Crippen LogP contribution in [0.25, 0.3) is 10.2 Å². The molecule has 1 saturated heterocycles. The molecule has 0 unspecified atom stereocenters. The van der Waals surface area contributed by atoms with Gasteiger partial charge in [0.2, 0.25) is 5.82 Å². The number of ether oxygens (including phenoxy) is 1. The number of esters is 1. The van der Waals surface area contributed by atoms with Gasteiger partial charge in [-0.25, -0.2) is 14.8 Å². The van der Waals surface area contributed by atoms with Crippen molar-refractivity contribution in [1.82, 2.24) is 9.97 Å². The zero-order valence-corrected chi connectivity index (χ0v) is 13.0. The maximum Gasteiger partial charge on any atom is 0.376 e. The fourth-order valence-corrected chi connectivity index (χ4v) is 3.55. The first kappa shape index (κ1) is 14.3. The highest BCUT2D eigenvalue weighted by Crippen LogP contribution is 2.30. The molecule has 0 bridgehead atoms. The van der Waals surface area contributed by atoms with Crippen LogP contribution < -0.4 is 4.90 Å². The number of nitrogens with zero attached hydrogens (tertiary/aromatic N) is 3. The van der Waals surface area contributed by atoms with E-state index in [1.165, 1.54) is 39.2 Å². The first-order valence-corrected chi connectivity index (χ1v) is 8.26. The minimum absolute atomic E-state index is 0.153. The maximum absolute atomic E-state index is 11.8. The summed E-state index contributed by atoms with van der Waals surface area (Å²) in [6.45, 7) is 1.98. The Bertz CT molecular complexity index is 633. The molecular formula is C15H19N3O2S. The molecule has 6 heteroatoms. The average molecular weight is 305 g/mol. The number of carbonyl (C=O) groups is 1. The number of aromatic nitrogens is 2. The Morgan fingerprint density at radius 2 is 1.90 bits per heavy atom. The van der Waals surface area contributed by atoms with Crippen LogP contribution in [-0.4, -0.2) is 36.1 Å². The highest BCUT2D eigenvalue weighted by molar-refractivity contribution is 7.17. The number of methoxy groups -OCH3 is 1. The number of hydrogen-bond acceptors (Lipinski definition) is 6. The summed E-state index contributed by atoms with van der Waals surface area (Å²) in [4.78, 5) is 22.9. The number of hydrogen-bond donors (Lipinski definition) is 0. The van der Waals surface area contributed by atoms with E-state index in [4.69, 9.17) is 4.74 Å². The largest absolute Gasteiger partial charge is 0.463 e. The van der Waals surface area contributed by atoms with E-state index in [2.05, 4.69) is 14.9 Å². The topological polar surface area (TPSA) is 55.3 Å². The van der Waals surface area contributed by atoms with Gasteiger partial charge in [-0.15, -0.1) is 11.3 Å². The maximum atomic E-state index is 11.8. The summed E-state index contributed by atoms with van der Waals surface area (Å²) in [6, 6.07) is 1.93. The molecular weight excluding hydrogens is 286 g/mol. The highest BCUT2D eigenvalue weighted by Gasteiger charge is 2.19. The van der Waals surface area contributed by atoms with Crippen molar-refractivity contribution in [1.29, 1.82) is 0 Å². The Hall–Kier alpha value is -1.69. The number of rotatable bonds is 2. The van der Waals surface area contributed by atoms with Crippen molar-refractivity contribution in [2.45, 2.75) is 32.1 Å². The molecule has 0 amide bonds. The van der Waals surface area contributed by atoms with Crippen LogP contribution in [-0.2, 0) is 4.74 Å². The van der Waals surface area contributed by atoms with E-state index in [9.17, 15) is 4.79 Å². The lowest BCUT2D eigenvalue weighted by Gasteiger charge is -2.26. The average Bonchev–Trinajstić information content (AvgIpc) is 2.93. The first-order chi connectivity index (χ1) is 10.3. The minimum Gasteiger partial charge on any atom is -0.463 e. The van der Waals surface area contributed by atoms with E-state index in [0.29, 0.717) is 0 Å². The van der Waals surface area contributed by atoms with Crippen LogP contribution in [0, 0.1) is 0 Å². The molecule has 5 nitrogen and oxygen atoms in total. The Balaban J connectivity index is 2.01. The molecule has 3 heterocycles. The molecule has 1 aliphatic heterocycles. The molecule has 0 aliphatic carbocycles. The summed E-state index contributed by atoms with van der Waals surface area (Å²) in [7, 11) is 1.36. The van der Waals surface area contributed by atoms with Gasteiger partial charge in [0.1, 0.15) is 0 Å². The third kappa shape index (κ3) is 3.00. The Morgan fingerprint density at radius 3 is 2.62 bits per heavy atom. The summed E-state index contributed by atoms with van der Waals surface area (Å²) < 4.78 is 5.83. The summed E-state index contributed by atoms with van der Waals surface area (Å²) in [5.41, 5.74) is 0.826. The number of carbonyl (C=O) groups excluding carboxylic acids is 1. The van der Waals surface area contributed by atoms with E-state index in [1.807, 2.05) is 11.4 Å². The summed E-state index contributed by atoms with van der Waals surface area (Å²) in [5, 5.41) is 1.99. The highest BCUT2D eigenvalue weighted by atomic mass is 32.1. The number of anilines is 1. The van der Waals surface area contributed by atoms with Gasteiger partial charge in [-0.05, 0) is 24.3 Å². The van der Waals surface area contributed by atoms with Gasteiger partial charge in [-0.3, -0.25) is 0 Å². The van der Waals surface area contributed by atoms with Gasteiger partial charge >= 0.3 is 5.97 Å². The van der Waals surface area contributed by atoms with E-state index in [1.54, 1.807) is 11.3 Å². The molecule has 2 aromatic heterocycles. The third-order valence-electron chi connectivity index (χ3n) is 3.81. The predicted octanol–water partition coefficient (Wildman–Crippen LogP) is 3.25. The second-order valence-corrected chi connectivity index (χ2v) is 6.17. The summed E-state index contributed by atoms with van der Waals surface area (Å²) in [5.74, 6) is 0.564. The van der Waals surface area contributed by atoms with Crippen molar-refractivity contribution in [3.05, 3.63) is 17.3 Å². The van der Waals surface area contributed by atoms with Gasteiger partial charge in [0.25, 0.3) is 0 Å². The second kappa shape index (κ2) is 6.39. The molecule has 112 valence electrons. The molecule has 0 radical (unpaired) electrons. The lowest BCUT2D eigenvalue weighted by atomic mass is 10.1. The van der Waals surface area contributed by atoms with Crippen molar-refractivity contribution < 1.29 is 9.53 Å². The molecule has 0 saturated carbocycles. The van der Waals surface area contributed by atoms with Crippen molar-refractivity contribution >= 4 is 33.3 Å². The molecule has 1 aliphatic rings. The van der Waals surface area contributed by atoms with Crippen LogP contribution in [0.3, 0.4) is 0 Å². The first-order valence-electron chi connectivity index (χ1n) is 7.38. The second-order valence-electron chi connectivity index (χ2n) is 5.25. The third-order valence-corrected chi connectivity index (χ3v) is 4.71. The van der Waals surface area contributed by atoms with E-state index in [-0.39, 0.29) is 5.82 Å². The Morgan fingerprint density at radius 1 is 1.19 bits per heavy atom. The van der Waals surface area contributed by atoms with Crippen molar-refractivity contribution in [3.8, 4) is 0 Å². The normalized spacial score (nSPS) is 16.5. The van der Waals surface area contributed by atoms with Crippen molar-refractivity contribution in [3.63, 3.8) is 0 Å². The molecule has 2 aromatic rings. The van der Waals surface area contributed by atoms with Crippen molar-refractivity contribution in [2.75, 3.05) is 25.1 Å². The Kier molecular flexibility index (Phi) is 4.34. The smallest absolute Gasteiger partial charge is 0.376 e. The number of fused-ring (bicyclic) bond motifs is 1. The minimum atomic E-state index is -0.476. The Labute approximate surface area is 128 Å². The van der Waals surface area contributed by atoms with Gasteiger partial charge < -0.3 is 9.64 Å². The molecule has 0 spiro atoms. The predicted molar refractivity (Wildman–Crippen MR) is 84.1 cm³/mol. The SMILES string of the molecule is COC(=O)c1nc(N2CCCCCCC2)c2sccc2n1. The van der Waals surface area contributed by atoms with Crippen LogP contribution in [0.5, 0.6) is 0 Å². The van der Waals surface area contributed by atoms with Gasteiger partial charge in [-0.1, -0.05) is 19.3 Å². The van der Waals surface area contributed by atoms with E-state index < -0.39 is 5.97 Å². The lowest BCUT2D eigenvalue weighted by molar-refractivity contribution is 0.0587. The van der Waals surface area contributed by atoms with Crippen LogP contribution in [0.2, 0.25) is 0 Å². The fraction of sp³-hybridized carbons (Fsp3) is 0.533. The van der Waals surface area contributed by atoms with E-state index >= 15 is 0 Å². The van der Waals surface area contributed by atoms with Crippen LogP contribution in [0.15, 0.2) is 11.4 Å². The van der Waals surface area contributed by atoms with Crippen LogP contribution in [0.1, 0.15) is 42.7 Å². The number of thiophene rings is 1. The molecule has 0 aromatic carbocycles.